The molecule has 0 bridgehead atoms. The molecule has 0 aromatic heterocycles. The van der Waals surface area contributed by atoms with Crippen LogP contribution < -0.4 is 5.32 Å². The van der Waals surface area contributed by atoms with Gasteiger partial charge in [0.2, 0.25) is 5.91 Å². The minimum Gasteiger partial charge on any atom is -0.480 e. The van der Waals surface area contributed by atoms with Crippen molar-refractivity contribution in [2.75, 3.05) is 6.61 Å². The number of carboxylic acids is 1. The Balaban J connectivity index is 1.68. The number of nitrogens with one attached hydrogen (secondary N) is 1. The van der Waals surface area contributed by atoms with Gasteiger partial charge in [-0.15, -0.1) is 0 Å². The van der Waals surface area contributed by atoms with Crippen molar-refractivity contribution in [3.8, 4) is 0 Å². The Kier molecular flexibility index (Phi) is 7.48. The summed E-state index contributed by atoms with van der Waals surface area (Å²) in [5.41, 5.74) is 1.10. The molecule has 2 fully saturated rings. The number of esters is 1. The summed E-state index contributed by atoms with van der Waals surface area (Å²) in [5.74, 6) is -1.31. The van der Waals surface area contributed by atoms with Crippen molar-refractivity contribution in [3.05, 3.63) is 35.9 Å². The number of ether oxygens (including phenoxy) is 1. The van der Waals surface area contributed by atoms with Crippen LogP contribution in [0, 0.1) is 5.92 Å². The molecule has 1 aromatic carbocycles. The smallest absolute Gasteiger partial charge is 0.326 e. The molecular formula is C23H32N2O5. The lowest BCUT2D eigenvalue weighted by molar-refractivity contribution is -0.151. The monoisotopic (exact) mass is 416 g/mol. The van der Waals surface area contributed by atoms with E-state index in [2.05, 4.69) is 5.32 Å². The fraction of sp³-hybridized carbons (Fsp3) is 0.609. The van der Waals surface area contributed by atoms with Gasteiger partial charge in [0.25, 0.3) is 0 Å². The second-order valence-corrected chi connectivity index (χ2v) is 8.31. The number of amides is 1. The van der Waals surface area contributed by atoms with Crippen LogP contribution in [0.25, 0.3) is 0 Å². The van der Waals surface area contributed by atoms with E-state index in [4.69, 9.17) is 4.74 Å². The predicted octanol–water partition coefficient (Wildman–Crippen LogP) is 2.38. The third-order valence-electron chi connectivity index (χ3n) is 6.33. The highest BCUT2D eigenvalue weighted by molar-refractivity contribution is 5.88. The Labute approximate surface area is 177 Å². The molecule has 1 aliphatic heterocycles. The number of nitrogens with zero attached hydrogens (tertiary/aromatic N) is 1. The number of likely N-dealkylation sites (tertiary alicyclic amines) is 1. The number of carbonyl (C=O) groups is 3. The van der Waals surface area contributed by atoms with Crippen molar-refractivity contribution in [2.24, 2.45) is 5.92 Å². The SMILES string of the molecule is CCOC(=O)[C@@H](CCc1ccccc1)N[C@H](C)C(=O)N1[C@@H](C(=O)O)C[C@@H]2CCC[C@@H]21. The first-order valence-corrected chi connectivity index (χ1v) is 10.9. The predicted molar refractivity (Wildman–Crippen MR) is 112 cm³/mol. The highest BCUT2D eigenvalue weighted by Crippen LogP contribution is 2.41. The zero-order valence-electron chi connectivity index (χ0n) is 17.8. The van der Waals surface area contributed by atoms with E-state index in [1.54, 1.807) is 18.7 Å². The number of aliphatic carboxylic acids is 1. The van der Waals surface area contributed by atoms with Gasteiger partial charge in [-0.3, -0.25) is 14.9 Å². The third kappa shape index (κ3) is 5.01. The molecule has 0 spiro atoms. The van der Waals surface area contributed by atoms with Gasteiger partial charge < -0.3 is 14.7 Å². The molecule has 1 saturated heterocycles. The fourth-order valence-electron chi connectivity index (χ4n) is 4.89. The summed E-state index contributed by atoms with van der Waals surface area (Å²) in [6.45, 7) is 3.72. The quantitative estimate of drug-likeness (QED) is 0.600. The lowest BCUT2D eigenvalue weighted by Crippen LogP contribution is -2.55. The lowest BCUT2D eigenvalue weighted by Gasteiger charge is -2.31. The van der Waals surface area contributed by atoms with E-state index >= 15 is 0 Å². The van der Waals surface area contributed by atoms with Gasteiger partial charge >= 0.3 is 11.9 Å². The molecule has 5 atom stereocenters. The van der Waals surface area contributed by atoms with Crippen LogP contribution in [-0.4, -0.2) is 58.6 Å². The number of rotatable bonds is 9. The Hall–Kier alpha value is -2.41. The van der Waals surface area contributed by atoms with Gasteiger partial charge in [-0.05, 0) is 57.4 Å². The maximum Gasteiger partial charge on any atom is 0.326 e. The Morgan fingerprint density at radius 1 is 1.23 bits per heavy atom. The average Bonchev–Trinajstić information content (AvgIpc) is 3.32. The number of benzene rings is 1. The summed E-state index contributed by atoms with van der Waals surface area (Å²) in [6, 6.07) is 7.76. The first-order valence-electron chi connectivity index (χ1n) is 10.9. The van der Waals surface area contributed by atoms with E-state index in [9.17, 15) is 19.5 Å². The van der Waals surface area contributed by atoms with Crippen molar-refractivity contribution < 1.29 is 24.2 Å². The maximum absolute atomic E-state index is 13.2. The number of aryl methyl sites for hydroxylation is 1. The van der Waals surface area contributed by atoms with Crippen LogP contribution >= 0.6 is 0 Å². The van der Waals surface area contributed by atoms with Gasteiger partial charge in [0.05, 0.1) is 12.6 Å². The zero-order valence-corrected chi connectivity index (χ0v) is 17.8. The van der Waals surface area contributed by atoms with Crippen molar-refractivity contribution in [3.63, 3.8) is 0 Å². The molecule has 1 saturated carbocycles. The molecule has 7 nitrogen and oxygen atoms in total. The van der Waals surface area contributed by atoms with Crippen LogP contribution in [0.4, 0.5) is 0 Å². The van der Waals surface area contributed by atoms with Gasteiger partial charge in [-0.2, -0.15) is 0 Å². The Morgan fingerprint density at radius 2 is 1.97 bits per heavy atom. The minimum absolute atomic E-state index is 0.00629. The van der Waals surface area contributed by atoms with E-state index in [0.29, 0.717) is 19.3 Å². The normalized spacial score (nSPS) is 24.9. The van der Waals surface area contributed by atoms with Crippen LogP contribution in [0.2, 0.25) is 0 Å². The van der Waals surface area contributed by atoms with Gasteiger partial charge in [0.1, 0.15) is 12.1 Å². The van der Waals surface area contributed by atoms with E-state index in [1.165, 1.54) is 0 Å². The summed E-state index contributed by atoms with van der Waals surface area (Å²) < 4.78 is 5.21. The standard InChI is InChI=1S/C23H32N2O5/c1-3-30-23(29)18(13-12-16-8-5-4-6-9-16)24-15(2)21(26)25-19-11-7-10-17(19)14-20(25)22(27)28/h4-6,8-9,15,17-20,24H,3,7,10-14H2,1-2H3,(H,27,28)/t15-,17+,18-,19+,20-/m1/s1. The largest absolute Gasteiger partial charge is 0.480 e. The fourth-order valence-corrected chi connectivity index (χ4v) is 4.89. The molecule has 2 N–H and O–H groups in total. The molecule has 2 aliphatic rings. The molecule has 30 heavy (non-hydrogen) atoms. The number of carbonyl (C=O) groups excluding carboxylic acids is 2. The molecule has 1 aromatic rings. The summed E-state index contributed by atoms with van der Waals surface area (Å²) in [7, 11) is 0. The molecule has 0 unspecified atom stereocenters. The Morgan fingerprint density at radius 3 is 2.63 bits per heavy atom. The minimum atomic E-state index is -0.948. The summed E-state index contributed by atoms with van der Waals surface area (Å²) in [6.07, 6.45) is 4.54. The van der Waals surface area contributed by atoms with Gasteiger partial charge in [-0.1, -0.05) is 36.8 Å². The van der Waals surface area contributed by atoms with Crippen molar-refractivity contribution in [1.82, 2.24) is 10.2 Å². The van der Waals surface area contributed by atoms with Crippen LogP contribution in [0.15, 0.2) is 30.3 Å². The Bertz CT molecular complexity index is 753. The lowest BCUT2D eigenvalue weighted by atomic mass is 10.0. The van der Waals surface area contributed by atoms with Gasteiger partial charge in [0.15, 0.2) is 0 Å². The van der Waals surface area contributed by atoms with Gasteiger partial charge in [0, 0.05) is 6.04 Å². The molecule has 7 heteroatoms. The van der Waals surface area contributed by atoms with Crippen LogP contribution in [-0.2, 0) is 25.5 Å². The topological polar surface area (TPSA) is 95.9 Å². The molecule has 0 radical (unpaired) electrons. The maximum atomic E-state index is 13.2. The molecule has 3 rings (SSSR count). The van der Waals surface area contributed by atoms with E-state index < -0.39 is 24.1 Å². The first-order chi connectivity index (χ1) is 14.4. The third-order valence-corrected chi connectivity index (χ3v) is 6.33. The van der Waals surface area contributed by atoms with Gasteiger partial charge in [-0.25, -0.2) is 4.79 Å². The van der Waals surface area contributed by atoms with Crippen molar-refractivity contribution >= 4 is 17.8 Å². The molecule has 1 amide bonds. The van der Waals surface area contributed by atoms with Crippen molar-refractivity contribution in [1.29, 1.82) is 0 Å². The van der Waals surface area contributed by atoms with Crippen LogP contribution in [0.1, 0.15) is 51.5 Å². The van der Waals surface area contributed by atoms with E-state index in [0.717, 1.165) is 24.8 Å². The summed E-state index contributed by atoms with van der Waals surface area (Å²) in [5, 5.41) is 12.8. The molecule has 164 valence electrons. The van der Waals surface area contributed by atoms with E-state index in [-0.39, 0.29) is 30.4 Å². The average molecular weight is 417 g/mol. The van der Waals surface area contributed by atoms with Crippen molar-refractivity contribution in [2.45, 2.75) is 76.5 Å². The highest BCUT2D eigenvalue weighted by Gasteiger charge is 2.49. The highest BCUT2D eigenvalue weighted by atomic mass is 16.5. The molecular weight excluding hydrogens is 384 g/mol. The number of hydrogen-bond acceptors (Lipinski definition) is 5. The number of fused-ring (bicyclic) bond motifs is 1. The molecule has 1 aliphatic carbocycles. The summed E-state index contributed by atoms with van der Waals surface area (Å²) in [4.78, 5) is 39.1. The number of carboxylic acid groups (broad SMARTS) is 1. The number of hydrogen-bond donors (Lipinski definition) is 2. The first kappa shape index (κ1) is 22.3. The molecule has 1 heterocycles. The second-order valence-electron chi connectivity index (χ2n) is 8.31. The summed E-state index contributed by atoms with van der Waals surface area (Å²) >= 11 is 0. The van der Waals surface area contributed by atoms with E-state index in [1.807, 2.05) is 30.3 Å². The zero-order chi connectivity index (χ0) is 21.7. The second kappa shape index (κ2) is 10.1. The van der Waals surface area contributed by atoms with Crippen LogP contribution in [0.3, 0.4) is 0 Å². The van der Waals surface area contributed by atoms with Crippen LogP contribution in [0.5, 0.6) is 0 Å².